The monoisotopic (exact) mass is 341 g/mol. The van der Waals surface area contributed by atoms with E-state index in [1.165, 1.54) is 12.8 Å². The van der Waals surface area contributed by atoms with E-state index in [0.29, 0.717) is 19.0 Å². The fourth-order valence-electron chi connectivity index (χ4n) is 3.58. The van der Waals surface area contributed by atoms with Crippen molar-refractivity contribution in [1.29, 1.82) is 0 Å². The van der Waals surface area contributed by atoms with Crippen molar-refractivity contribution < 1.29 is 14.4 Å². The molecule has 1 saturated carbocycles. The molecule has 0 unspecified atom stereocenters. The van der Waals surface area contributed by atoms with Crippen LogP contribution in [0.5, 0.6) is 0 Å². The van der Waals surface area contributed by atoms with Crippen LogP contribution in [0, 0.1) is 5.92 Å². The van der Waals surface area contributed by atoms with Crippen LogP contribution < -0.4 is 4.90 Å². The highest BCUT2D eigenvalue weighted by Gasteiger charge is 2.34. The first-order valence-electron chi connectivity index (χ1n) is 9.05. The third-order valence-electron chi connectivity index (χ3n) is 5.20. The first-order chi connectivity index (χ1) is 12.1. The second-order valence-corrected chi connectivity index (χ2v) is 7.29. The molecule has 2 heterocycles. The zero-order chi connectivity index (χ0) is 17.4. The van der Waals surface area contributed by atoms with Gasteiger partial charge in [-0.05, 0) is 42.9 Å². The minimum absolute atomic E-state index is 0.0310. The summed E-state index contributed by atoms with van der Waals surface area (Å²) >= 11 is 0. The lowest BCUT2D eigenvalue weighted by atomic mass is 10.1. The summed E-state index contributed by atoms with van der Waals surface area (Å²) in [5, 5.41) is 0. The van der Waals surface area contributed by atoms with Gasteiger partial charge >= 0.3 is 0 Å². The highest BCUT2D eigenvalue weighted by molar-refractivity contribution is 5.95. The fourth-order valence-corrected chi connectivity index (χ4v) is 3.58. The van der Waals surface area contributed by atoms with Gasteiger partial charge in [0.25, 0.3) is 0 Å². The van der Waals surface area contributed by atoms with Crippen LogP contribution in [0.2, 0.25) is 0 Å². The van der Waals surface area contributed by atoms with Gasteiger partial charge in [-0.25, -0.2) is 0 Å². The summed E-state index contributed by atoms with van der Waals surface area (Å²) in [5.41, 5.74) is 1.75. The molecule has 0 bridgehead atoms. The van der Waals surface area contributed by atoms with Crippen molar-refractivity contribution in [2.45, 2.75) is 32.1 Å². The molecule has 4 rings (SSSR count). The summed E-state index contributed by atoms with van der Waals surface area (Å²) in [4.78, 5) is 41.7. The topological polar surface area (TPSA) is 60.9 Å². The third-order valence-corrected chi connectivity index (χ3v) is 5.20. The van der Waals surface area contributed by atoms with Gasteiger partial charge < -0.3 is 14.7 Å². The maximum absolute atomic E-state index is 12.6. The molecular formula is C19H23N3O3. The molecule has 2 aliphatic heterocycles. The minimum Gasteiger partial charge on any atom is -0.323 e. The Labute approximate surface area is 147 Å². The number of hydrogen-bond acceptors (Lipinski definition) is 3. The summed E-state index contributed by atoms with van der Waals surface area (Å²) in [7, 11) is 0. The molecular weight excluding hydrogens is 318 g/mol. The van der Waals surface area contributed by atoms with Gasteiger partial charge in [0.2, 0.25) is 17.7 Å². The number of rotatable bonds is 5. The highest BCUT2D eigenvalue weighted by atomic mass is 16.2. The standard InChI is InChI=1S/C19H23N3O3/c23-17-5-2-8-22(17)16-4-1-3-15(9-16)10-18(24)21-12-19(25)20(13-21)11-14-6-7-14/h1,3-4,9,14H,2,5-8,10-13H2. The average Bonchev–Trinajstić information content (AvgIpc) is 3.19. The van der Waals surface area contributed by atoms with Crippen molar-refractivity contribution in [2.24, 2.45) is 5.92 Å². The molecule has 0 atom stereocenters. The zero-order valence-corrected chi connectivity index (χ0v) is 14.3. The van der Waals surface area contributed by atoms with E-state index < -0.39 is 0 Å². The zero-order valence-electron chi connectivity index (χ0n) is 14.3. The first kappa shape index (κ1) is 16.1. The van der Waals surface area contributed by atoms with Crippen LogP contribution in [0.25, 0.3) is 0 Å². The molecule has 0 aromatic heterocycles. The minimum atomic E-state index is -0.0310. The molecule has 2 saturated heterocycles. The van der Waals surface area contributed by atoms with E-state index in [4.69, 9.17) is 0 Å². The molecule has 3 aliphatic rings. The summed E-state index contributed by atoms with van der Waals surface area (Å²) in [6, 6.07) is 7.62. The number of benzene rings is 1. The van der Waals surface area contributed by atoms with Gasteiger partial charge in [-0.3, -0.25) is 14.4 Å². The number of anilines is 1. The molecule has 3 amide bonds. The third kappa shape index (κ3) is 3.52. The largest absolute Gasteiger partial charge is 0.323 e. The van der Waals surface area contributed by atoms with Crippen LogP contribution in [-0.2, 0) is 20.8 Å². The molecule has 0 N–H and O–H groups in total. The number of amides is 3. The summed E-state index contributed by atoms with van der Waals surface area (Å²) in [6.45, 7) is 2.14. The smallest absolute Gasteiger partial charge is 0.243 e. The van der Waals surface area contributed by atoms with Crippen molar-refractivity contribution in [3.63, 3.8) is 0 Å². The van der Waals surface area contributed by atoms with Crippen molar-refractivity contribution in [2.75, 3.05) is 31.2 Å². The van der Waals surface area contributed by atoms with E-state index in [1.54, 1.807) is 14.7 Å². The van der Waals surface area contributed by atoms with Crippen LogP contribution in [-0.4, -0.2) is 53.8 Å². The summed E-state index contributed by atoms with van der Waals surface area (Å²) in [6.07, 6.45) is 4.13. The Bertz CT molecular complexity index is 714. The maximum Gasteiger partial charge on any atom is 0.243 e. The average molecular weight is 341 g/mol. The van der Waals surface area contributed by atoms with E-state index in [-0.39, 0.29) is 30.7 Å². The van der Waals surface area contributed by atoms with Crippen LogP contribution >= 0.6 is 0 Å². The fraction of sp³-hybridized carbons (Fsp3) is 0.526. The lowest BCUT2D eigenvalue weighted by Gasteiger charge is -2.19. The van der Waals surface area contributed by atoms with Crippen molar-refractivity contribution in [3.05, 3.63) is 29.8 Å². The lowest BCUT2D eigenvalue weighted by Crippen LogP contribution is -2.33. The Morgan fingerprint density at radius 2 is 2.00 bits per heavy atom. The van der Waals surface area contributed by atoms with Gasteiger partial charge in [0.15, 0.2) is 0 Å². The Morgan fingerprint density at radius 1 is 1.16 bits per heavy atom. The Hall–Kier alpha value is -2.37. The van der Waals surface area contributed by atoms with Crippen LogP contribution in [0.4, 0.5) is 5.69 Å². The molecule has 1 aromatic rings. The van der Waals surface area contributed by atoms with E-state index in [9.17, 15) is 14.4 Å². The van der Waals surface area contributed by atoms with E-state index >= 15 is 0 Å². The van der Waals surface area contributed by atoms with Crippen molar-refractivity contribution in [1.82, 2.24) is 9.80 Å². The van der Waals surface area contributed by atoms with Gasteiger partial charge in [-0.15, -0.1) is 0 Å². The number of hydrogen-bond donors (Lipinski definition) is 0. The Morgan fingerprint density at radius 3 is 2.72 bits per heavy atom. The summed E-state index contributed by atoms with van der Waals surface area (Å²) in [5.74, 6) is 0.797. The quantitative estimate of drug-likeness (QED) is 0.813. The molecule has 1 aromatic carbocycles. The Balaban J connectivity index is 1.39. The van der Waals surface area contributed by atoms with Gasteiger partial charge in [-0.1, -0.05) is 12.1 Å². The number of carbonyl (C=O) groups is 3. The molecule has 132 valence electrons. The van der Waals surface area contributed by atoms with E-state index in [2.05, 4.69) is 0 Å². The maximum atomic E-state index is 12.6. The molecule has 6 nitrogen and oxygen atoms in total. The van der Waals surface area contributed by atoms with Crippen LogP contribution in [0.15, 0.2) is 24.3 Å². The summed E-state index contributed by atoms with van der Waals surface area (Å²) < 4.78 is 0. The molecule has 0 radical (unpaired) electrons. The van der Waals surface area contributed by atoms with Crippen LogP contribution in [0.3, 0.4) is 0 Å². The number of nitrogens with zero attached hydrogens (tertiary/aromatic N) is 3. The van der Waals surface area contributed by atoms with Crippen molar-refractivity contribution in [3.8, 4) is 0 Å². The van der Waals surface area contributed by atoms with Gasteiger partial charge in [0, 0.05) is 25.2 Å². The second kappa shape index (κ2) is 6.50. The lowest BCUT2D eigenvalue weighted by molar-refractivity contribution is -0.131. The van der Waals surface area contributed by atoms with E-state index in [1.807, 2.05) is 24.3 Å². The SMILES string of the molecule is O=C(Cc1cccc(N2CCCC2=O)c1)N1CC(=O)N(CC2CC2)C1. The van der Waals surface area contributed by atoms with Gasteiger partial charge in [0.1, 0.15) is 6.54 Å². The molecule has 1 aliphatic carbocycles. The normalized spacial score (nSPS) is 20.7. The molecule has 3 fully saturated rings. The van der Waals surface area contributed by atoms with Crippen molar-refractivity contribution >= 4 is 23.4 Å². The highest BCUT2D eigenvalue weighted by Crippen LogP contribution is 2.30. The molecule has 6 heteroatoms. The molecule has 25 heavy (non-hydrogen) atoms. The van der Waals surface area contributed by atoms with Gasteiger partial charge in [0.05, 0.1) is 13.1 Å². The first-order valence-corrected chi connectivity index (χ1v) is 9.05. The Kier molecular flexibility index (Phi) is 4.19. The van der Waals surface area contributed by atoms with Crippen LogP contribution in [0.1, 0.15) is 31.2 Å². The van der Waals surface area contributed by atoms with E-state index in [0.717, 1.165) is 30.8 Å². The predicted molar refractivity (Wildman–Crippen MR) is 92.8 cm³/mol. The number of carbonyl (C=O) groups excluding carboxylic acids is 3. The predicted octanol–water partition coefficient (Wildman–Crippen LogP) is 1.39. The molecule has 0 spiro atoms. The second-order valence-electron chi connectivity index (χ2n) is 7.29. The van der Waals surface area contributed by atoms with Gasteiger partial charge in [-0.2, -0.15) is 0 Å².